The molecule has 0 aliphatic heterocycles. The van der Waals surface area contributed by atoms with E-state index in [1.165, 1.54) is 20.3 Å². The summed E-state index contributed by atoms with van der Waals surface area (Å²) in [6, 6.07) is 17.9. The highest BCUT2D eigenvalue weighted by Crippen LogP contribution is 2.23. The number of methoxy groups -OCH3 is 2. The van der Waals surface area contributed by atoms with E-state index >= 15 is 0 Å². The first-order valence-corrected chi connectivity index (χ1v) is 8.41. The Balaban J connectivity index is 1.96. The molecule has 0 saturated heterocycles. The number of anilines is 1. The van der Waals surface area contributed by atoms with Gasteiger partial charge in [-0.2, -0.15) is 9.97 Å². The number of carbonyl (C=O) groups is 2. The van der Waals surface area contributed by atoms with Crippen LogP contribution >= 0.6 is 0 Å². The summed E-state index contributed by atoms with van der Waals surface area (Å²) in [5.74, 6) is 0.284. The van der Waals surface area contributed by atoms with Crippen molar-refractivity contribution in [3.8, 4) is 23.3 Å². The van der Waals surface area contributed by atoms with E-state index in [-0.39, 0.29) is 29.2 Å². The molecule has 0 radical (unpaired) electrons. The van der Waals surface area contributed by atoms with Crippen molar-refractivity contribution in [1.29, 1.82) is 0 Å². The number of para-hydroxylation sites is 2. The zero-order valence-corrected chi connectivity index (χ0v) is 15.6. The molecule has 0 saturated carbocycles. The highest BCUT2D eigenvalue weighted by molar-refractivity contribution is 6.09. The quantitative estimate of drug-likeness (QED) is 0.645. The van der Waals surface area contributed by atoms with E-state index in [1.807, 2.05) is 0 Å². The van der Waals surface area contributed by atoms with Crippen molar-refractivity contribution >= 4 is 18.1 Å². The Morgan fingerprint density at radius 2 is 1.14 bits per heavy atom. The Kier molecular flexibility index (Phi) is 6.21. The normalized spacial score (nSPS) is 10.0. The average molecular weight is 395 g/mol. The standard InChI is InChI=1S/C20H17N3O6/c1-26-16-13-17(27-2)22-18(21-16)23(19(24)28-14-9-5-3-6-10-14)20(25)29-15-11-7-4-8-12-15/h3-13H,1-2H3. The molecule has 0 bridgehead atoms. The first kappa shape index (κ1) is 19.6. The van der Waals surface area contributed by atoms with Crippen LogP contribution in [0.1, 0.15) is 0 Å². The van der Waals surface area contributed by atoms with Crippen molar-refractivity contribution in [2.24, 2.45) is 0 Å². The van der Waals surface area contributed by atoms with Crippen LogP contribution in [-0.2, 0) is 0 Å². The van der Waals surface area contributed by atoms with Gasteiger partial charge in [0.2, 0.25) is 11.8 Å². The second-order valence-corrected chi connectivity index (χ2v) is 5.45. The number of imide groups is 1. The van der Waals surface area contributed by atoms with Crippen LogP contribution in [0.4, 0.5) is 15.5 Å². The lowest BCUT2D eigenvalue weighted by molar-refractivity contribution is 0.190. The summed E-state index contributed by atoms with van der Waals surface area (Å²) < 4.78 is 20.7. The number of hydrogen-bond acceptors (Lipinski definition) is 8. The Bertz CT molecular complexity index is 906. The molecule has 29 heavy (non-hydrogen) atoms. The summed E-state index contributed by atoms with van der Waals surface area (Å²) in [5.41, 5.74) is 0. The van der Waals surface area contributed by atoms with Crippen LogP contribution < -0.4 is 23.8 Å². The highest BCUT2D eigenvalue weighted by atomic mass is 16.6. The largest absolute Gasteiger partial charge is 0.481 e. The van der Waals surface area contributed by atoms with E-state index in [0.717, 1.165) is 0 Å². The Morgan fingerprint density at radius 3 is 1.52 bits per heavy atom. The van der Waals surface area contributed by atoms with Crippen LogP contribution in [0.25, 0.3) is 0 Å². The van der Waals surface area contributed by atoms with E-state index in [9.17, 15) is 9.59 Å². The van der Waals surface area contributed by atoms with Crippen molar-refractivity contribution in [2.75, 3.05) is 19.1 Å². The predicted octanol–water partition coefficient (Wildman–Crippen LogP) is 3.70. The third-order valence-electron chi connectivity index (χ3n) is 3.55. The molecule has 9 heteroatoms. The molecule has 0 atom stereocenters. The first-order chi connectivity index (χ1) is 14.1. The molecular weight excluding hydrogens is 378 g/mol. The zero-order valence-electron chi connectivity index (χ0n) is 15.6. The Hall–Kier alpha value is -4.14. The van der Waals surface area contributed by atoms with Crippen molar-refractivity contribution in [3.05, 3.63) is 66.7 Å². The van der Waals surface area contributed by atoms with Crippen LogP contribution in [-0.4, -0.2) is 36.4 Å². The summed E-state index contributed by atoms with van der Waals surface area (Å²) in [4.78, 5) is 34.2. The minimum Gasteiger partial charge on any atom is -0.481 e. The lowest BCUT2D eigenvalue weighted by atomic mass is 10.3. The van der Waals surface area contributed by atoms with E-state index in [4.69, 9.17) is 18.9 Å². The molecule has 3 aromatic rings. The lowest BCUT2D eigenvalue weighted by Crippen LogP contribution is -2.42. The summed E-state index contributed by atoms with van der Waals surface area (Å²) in [5, 5.41) is 0. The van der Waals surface area contributed by atoms with Crippen LogP contribution in [0.3, 0.4) is 0 Å². The van der Waals surface area contributed by atoms with Crippen LogP contribution in [0, 0.1) is 0 Å². The van der Waals surface area contributed by atoms with Gasteiger partial charge in [0.1, 0.15) is 11.5 Å². The van der Waals surface area contributed by atoms with Gasteiger partial charge in [-0.05, 0) is 24.3 Å². The number of rotatable bonds is 5. The molecule has 0 fully saturated rings. The molecule has 1 heterocycles. The fraction of sp³-hybridized carbons (Fsp3) is 0.100. The summed E-state index contributed by atoms with van der Waals surface area (Å²) in [7, 11) is 2.75. The number of nitrogens with zero attached hydrogens (tertiary/aromatic N) is 3. The molecule has 0 unspecified atom stereocenters. The predicted molar refractivity (Wildman–Crippen MR) is 103 cm³/mol. The van der Waals surface area contributed by atoms with Gasteiger partial charge in [-0.25, -0.2) is 9.59 Å². The van der Waals surface area contributed by atoms with E-state index in [2.05, 4.69) is 9.97 Å². The maximum atomic E-state index is 12.8. The molecule has 9 nitrogen and oxygen atoms in total. The van der Waals surface area contributed by atoms with Gasteiger partial charge in [0.15, 0.2) is 0 Å². The number of aromatic nitrogens is 2. The van der Waals surface area contributed by atoms with Gasteiger partial charge in [-0.1, -0.05) is 36.4 Å². The van der Waals surface area contributed by atoms with Gasteiger partial charge in [0.25, 0.3) is 5.95 Å². The van der Waals surface area contributed by atoms with Crippen LogP contribution in [0.5, 0.6) is 23.3 Å². The summed E-state index contributed by atoms with van der Waals surface area (Å²) >= 11 is 0. The first-order valence-electron chi connectivity index (χ1n) is 8.41. The summed E-state index contributed by atoms with van der Waals surface area (Å²) in [6.07, 6.45) is -2.13. The van der Waals surface area contributed by atoms with Gasteiger partial charge < -0.3 is 18.9 Å². The fourth-order valence-corrected chi connectivity index (χ4v) is 2.21. The summed E-state index contributed by atoms with van der Waals surface area (Å²) in [6.45, 7) is 0. The molecule has 0 N–H and O–H groups in total. The van der Waals surface area contributed by atoms with Crippen LogP contribution in [0.15, 0.2) is 66.7 Å². The fourth-order valence-electron chi connectivity index (χ4n) is 2.21. The molecule has 0 spiro atoms. The lowest BCUT2D eigenvalue weighted by Gasteiger charge is -2.18. The molecule has 0 aliphatic rings. The number of hydrogen-bond donors (Lipinski definition) is 0. The monoisotopic (exact) mass is 395 g/mol. The number of benzene rings is 2. The minimum atomic E-state index is -1.06. The van der Waals surface area contributed by atoms with E-state index in [1.54, 1.807) is 60.7 Å². The Morgan fingerprint density at radius 1 is 0.724 bits per heavy atom. The van der Waals surface area contributed by atoms with Gasteiger partial charge >= 0.3 is 12.2 Å². The topological polar surface area (TPSA) is 100 Å². The van der Waals surface area contributed by atoms with Gasteiger partial charge in [0.05, 0.1) is 20.3 Å². The van der Waals surface area contributed by atoms with Gasteiger partial charge in [0, 0.05) is 0 Å². The number of ether oxygens (including phenoxy) is 4. The van der Waals surface area contributed by atoms with Gasteiger partial charge in [-0.15, -0.1) is 4.90 Å². The van der Waals surface area contributed by atoms with E-state index in [0.29, 0.717) is 4.90 Å². The molecular formula is C20H17N3O6. The average Bonchev–Trinajstić information content (AvgIpc) is 2.75. The van der Waals surface area contributed by atoms with Crippen molar-refractivity contribution in [1.82, 2.24) is 9.97 Å². The maximum absolute atomic E-state index is 12.8. The molecule has 2 aromatic carbocycles. The number of carbonyl (C=O) groups excluding carboxylic acids is 2. The molecule has 3 rings (SSSR count). The minimum absolute atomic E-state index is 0.0804. The second kappa shape index (κ2) is 9.18. The molecule has 1 aromatic heterocycles. The highest BCUT2D eigenvalue weighted by Gasteiger charge is 2.31. The van der Waals surface area contributed by atoms with Crippen LogP contribution in [0.2, 0.25) is 0 Å². The Labute approximate surface area is 166 Å². The SMILES string of the molecule is COc1cc(OC)nc(N(C(=O)Oc2ccccc2)C(=O)Oc2ccccc2)n1. The third kappa shape index (κ3) is 4.98. The van der Waals surface area contributed by atoms with E-state index < -0.39 is 12.2 Å². The van der Waals surface area contributed by atoms with Crippen molar-refractivity contribution in [3.63, 3.8) is 0 Å². The smallest absolute Gasteiger partial charge is 0.432 e. The maximum Gasteiger partial charge on any atom is 0.432 e. The van der Waals surface area contributed by atoms with Gasteiger partial charge in [-0.3, -0.25) is 0 Å². The second-order valence-electron chi connectivity index (χ2n) is 5.45. The molecule has 148 valence electrons. The zero-order chi connectivity index (χ0) is 20.6. The van der Waals surface area contributed by atoms with Crippen molar-refractivity contribution < 1.29 is 28.5 Å². The molecule has 0 aliphatic carbocycles. The molecule has 2 amide bonds. The van der Waals surface area contributed by atoms with Crippen molar-refractivity contribution in [2.45, 2.75) is 0 Å². The third-order valence-corrected chi connectivity index (χ3v) is 3.55. The number of amides is 2.